The van der Waals surface area contributed by atoms with E-state index in [1.807, 2.05) is 18.3 Å². The van der Waals surface area contributed by atoms with Gasteiger partial charge in [-0.3, -0.25) is 4.98 Å². The Bertz CT molecular complexity index is 704. The number of pyridine rings is 1. The highest BCUT2D eigenvalue weighted by Crippen LogP contribution is 2.25. The molecule has 0 aliphatic carbocycles. The van der Waals surface area contributed by atoms with Crippen molar-refractivity contribution in [3.63, 3.8) is 0 Å². The molecule has 2 nitrogen and oxygen atoms in total. The van der Waals surface area contributed by atoms with Crippen LogP contribution in [0.3, 0.4) is 0 Å². The Morgan fingerprint density at radius 2 is 1.86 bits per heavy atom. The lowest BCUT2D eigenvalue weighted by atomic mass is 10.1. The van der Waals surface area contributed by atoms with Crippen molar-refractivity contribution in [2.45, 2.75) is 20.0 Å². The van der Waals surface area contributed by atoms with Gasteiger partial charge in [0.15, 0.2) is 0 Å². The fraction of sp³-hybridized carbons (Fsp3) is 0.167. The number of nitrogens with one attached hydrogen (secondary N) is 1. The molecule has 0 aliphatic heterocycles. The Kier molecular flexibility index (Phi) is 4.43. The molecular formula is C18H18N2S. The topological polar surface area (TPSA) is 24.9 Å². The van der Waals surface area contributed by atoms with Crippen molar-refractivity contribution in [2.24, 2.45) is 0 Å². The Morgan fingerprint density at radius 1 is 1.00 bits per heavy atom. The van der Waals surface area contributed by atoms with Crippen LogP contribution in [-0.4, -0.2) is 4.98 Å². The summed E-state index contributed by atoms with van der Waals surface area (Å²) in [5.41, 5.74) is 4.94. The first-order valence-electron chi connectivity index (χ1n) is 7.07. The monoisotopic (exact) mass is 294 g/mol. The minimum atomic E-state index is 0.811. The van der Waals surface area contributed by atoms with Crippen molar-refractivity contribution in [2.75, 3.05) is 0 Å². The van der Waals surface area contributed by atoms with Gasteiger partial charge in [-0.1, -0.05) is 36.4 Å². The molecule has 2 heterocycles. The zero-order valence-corrected chi connectivity index (χ0v) is 12.9. The summed E-state index contributed by atoms with van der Waals surface area (Å²) < 4.78 is 0. The molecule has 0 radical (unpaired) electrons. The van der Waals surface area contributed by atoms with Crippen molar-refractivity contribution < 1.29 is 0 Å². The van der Waals surface area contributed by atoms with Crippen LogP contribution in [0.1, 0.15) is 16.1 Å². The van der Waals surface area contributed by atoms with Gasteiger partial charge in [0.1, 0.15) is 0 Å². The second kappa shape index (κ2) is 6.66. The minimum absolute atomic E-state index is 0.811. The van der Waals surface area contributed by atoms with E-state index in [9.17, 15) is 0 Å². The minimum Gasteiger partial charge on any atom is -0.306 e. The summed E-state index contributed by atoms with van der Waals surface area (Å²) in [5.74, 6) is 0. The molecule has 0 atom stereocenters. The maximum Gasteiger partial charge on any atom is 0.0570 e. The quantitative estimate of drug-likeness (QED) is 0.754. The number of aryl methyl sites for hydroxylation is 1. The molecule has 3 aromatic rings. The molecule has 0 saturated carbocycles. The van der Waals surface area contributed by atoms with Crippen LogP contribution in [0.2, 0.25) is 0 Å². The molecule has 21 heavy (non-hydrogen) atoms. The predicted molar refractivity (Wildman–Crippen MR) is 89.3 cm³/mol. The van der Waals surface area contributed by atoms with Gasteiger partial charge in [-0.25, -0.2) is 0 Å². The first-order valence-corrected chi connectivity index (χ1v) is 7.95. The fourth-order valence-electron chi connectivity index (χ4n) is 2.26. The highest BCUT2D eigenvalue weighted by atomic mass is 32.1. The number of benzene rings is 1. The van der Waals surface area contributed by atoms with Gasteiger partial charge in [0, 0.05) is 24.2 Å². The third-order valence-electron chi connectivity index (χ3n) is 3.47. The maximum atomic E-state index is 4.40. The lowest BCUT2D eigenvalue weighted by Crippen LogP contribution is -2.13. The molecule has 1 aromatic carbocycles. The molecule has 3 heteroatoms. The largest absolute Gasteiger partial charge is 0.306 e. The average molecular weight is 294 g/mol. The van der Waals surface area contributed by atoms with Crippen LogP contribution in [0.25, 0.3) is 11.1 Å². The number of hydrogen-bond acceptors (Lipinski definition) is 3. The number of aromatic nitrogens is 1. The normalized spacial score (nSPS) is 10.7. The van der Waals surface area contributed by atoms with E-state index in [-0.39, 0.29) is 0 Å². The molecule has 0 fully saturated rings. The van der Waals surface area contributed by atoms with Crippen LogP contribution < -0.4 is 5.32 Å². The number of hydrogen-bond donors (Lipinski definition) is 1. The molecule has 3 rings (SSSR count). The SMILES string of the molecule is Cc1cccnc1CNCc1cc(-c2ccccc2)cs1. The Morgan fingerprint density at radius 3 is 2.67 bits per heavy atom. The van der Waals surface area contributed by atoms with Gasteiger partial charge in [0.05, 0.1) is 5.69 Å². The third-order valence-corrected chi connectivity index (χ3v) is 4.41. The van der Waals surface area contributed by atoms with Gasteiger partial charge in [0.2, 0.25) is 0 Å². The Balaban J connectivity index is 1.60. The molecule has 0 saturated heterocycles. The first-order chi connectivity index (χ1) is 10.3. The lowest BCUT2D eigenvalue weighted by Gasteiger charge is -2.05. The lowest BCUT2D eigenvalue weighted by molar-refractivity contribution is 0.683. The van der Waals surface area contributed by atoms with Crippen molar-refractivity contribution in [3.8, 4) is 11.1 Å². The second-order valence-electron chi connectivity index (χ2n) is 5.04. The fourth-order valence-corrected chi connectivity index (χ4v) is 3.13. The zero-order chi connectivity index (χ0) is 14.5. The zero-order valence-electron chi connectivity index (χ0n) is 12.0. The summed E-state index contributed by atoms with van der Waals surface area (Å²) in [6.45, 7) is 3.79. The van der Waals surface area contributed by atoms with Crippen molar-refractivity contribution >= 4 is 11.3 Å². The van der Waals surface area contributed by atoms with Crippen LogP contribution in [0.5, 0.6) is 0 Å². The van der Waals surface area contributed by atoms with Crippen molar-refractivity contribution in [3.05, 3.63) is 76.2 Å². The van der Waals surface area contributed by atoms with E-state index in [1.54, 1.807) is 11.3 Å². The summed E-state index contributed by atoms with van der Waals surface area (Å²) >= 11 is 1.80. The summed E-state index contributed by atoms with van der Waals surface area (Å²) in [7, 11) is 0. The summed E-state index contributed by atoms with van der Waals surface area (Å²) in [5, 5.41) is 5.69. The smallest absolute Gasteiger partial charge is 0.0570 e. The Hall–Kier alpha value is -1.97. The Labute approximate surface area is 129 Å². The number of rotatable bonds is 5. The molecular weight excluding hydrogens is 276 g/mol. The average Bonchev–Trinajstić information content (AvgIpc) is 2.99. The van der Waals surface area contributed by atoms with Crippen LogP contribution in [0.4, 0.5) is 0 Å². The summed E-state index contributed by atoms with van der Waals surface area (Å²) in [6, 6.07) is 16.8. The van der Waals surface area contributed by atoms with Crippen molar-refractivity contribution in [1.29, 1.82) is 0 Å². The number of thiophene rings is 1. The van der Waals surface area contributed by atoms with Gasteiger partial charge in [-0.05, 0) is 41.1 Å². The standard InChI is InChI=1S/C18H18N2S/c1-14-6-5-9-20-18(14)12-19-11-17-10-16(13-21-17)15-7-3-2-4-8-15/h2-10,13,19H,11-12H2,1H3. The highest BCUT2D eigenvalue weighted by Gasteiger charge is 2.03. The van der Waals surface area contributed by atoms with Gasteiger partial charge in [-0.2, -0.15) is 0 Å². The van der Waals surface area contributed by atoms with Crippen molar-refractivity contribution in [1.82, 2.24) is 10.3 Å². The number of nitrogens with zero attached hydrogens (tertiary/aromatic N) is 1. The molecule has 0 bridgehead atoms. The van der Waals surface area contributed by atoms with Crippen LogP contribution in [0, 0.1) is 6.92 Å². The summed E-state index contributed by atoms with van der Waals surface area (Å²) in [6.07, 6.45) is 1.85. The van der Waals surface area contributed by atoms with Crippen LogP contribution >= 0.6 is 11.3 Å². The van der Waals surface area contributed by atoms with E-state index in [4.69, 9.17) is 0 Å². The van der Waals surface area contributed by atoms with E-state index in [0.717, 1.165) is 18.8 Å². The van der Waals surface area contributed by atoms with Gasteiger partial charge >= 0.3 is 0 Å². The molecule has 1 N–H and O–H groups in total. The molecule has 0 amide bonds. The van der Waals surface area contributed by atoms with Gasteiger partial charge in [-0.15, -0.1) is 11.3 Å². The van der Waals surface area contributed by atoms with E-state index in [1.165, 1.54) is 21.6 Å². The highest BCUT2D eigenvalue weighted by molar-refractivity contribution is 7.10. The van der Waals surface area contributed by atoms with Gasteiger partial charge < -0.3 is 5.32 Å². The van der Waals surface area contributed by atoms with E-state index < -0.39 is 0 Å². The third kappa shape index (κ3) is 3.57. The van der Waals surface area contributed by atoms with Gasteiger partial charge in [0.25, 0.3) is 0 Å². The molecule has 0 spiro atoms. The van der Waals surface area contributed by atoms with E-state index >= 15 is 0 Å². The molecule has 2 aromatic heterocycles. The first kappa shape index (κ1) is 14.0. The maximum absolute atomic E-state index is 4.40. The summed E-state index contributed by atoms with van der Waals surface area (Å²) in [4.78, 5) is 5.75. The van der Waals surface area contributed by atoms with Crippen LogP contribution in [-0.2, 0) is 13.1 Å². The predicted octanol–water partition coefficient (Wildman–Crippen LogP) is 4.41. The molecule has 0 aliphatic rings. The van der Waals surface area contributed by atoms with E-state index in [0.29, 0.717) is 0 Å². The van der Waals surface area contributed by atoms with Crippen LogP contribution in [0.15, 0.2) is 60.1 Å². The molecule has 0 unspecified atom stereocenters. The second-order valence-corrected chi connectivity index (χ2v) is 6.03. The van der Waals surface area contributed by atoms with E-state index in [2.05, 4.69) is 59.0 Å². The molecule has 106 valence electrons.